The van der Waals surface area contributed by atoms with E-state index in [-0.39, 0.29) is 5.91 Å². The van der Waals surface area contributed by atoms with E-state index >= 15 is 0 Å². The zero-order valence-corrected chi connectivity index (χ0v) is 16.9. The highest BCUT2D eigenvalue weighted by Crippen LogP contribution is 2.34. The van der Waals surface area contributed by atoms with Crippen molar-refractivity contribution in [1.29, 1.82) is 0 Å². The van der Waals surface area contributed by atoms with Crippen molar-refractivity contribution in [2.45, 2.75) is 0 Å². The van der Waals surface area contributed by atoms with Crippen molar-refractivity contribution in [3.63, 3.8) is 0 Å². The van der Waals surface area contributed by atoms with E-state index in [0.29, 0.717) is 13.1 Å². The maximum Gasteiger partial charge on any atom is 0.256 e. The third-order valence-electron chi connectivity index (χ3n) is 5.80. The van der Waals surface area contributed by atoms with Gasteiger partial charge in [-0.15, -0.1) is 0 Å². The van der Waals surface area contributed by atoms with E-state index < -0.39 is 0 Å². The fraction of sp³-hybridized carbons (Fsp3) is 0.208. The highest BCUT2D eigenvalue weighted by molar-refractivity contribution is 6.12. The topological polar surface area (TPSA) is 54.3 Å². The Balaban J connectivity index is 1.50. The smallest absolute Gasteiger partial charge is 0.256 e. The number of hydrogen-bond donors (Lipinski definition) is 0. The molecule has 0 atom stereocenters. The Morgan fingerprint density at radius 3 is 2.43 bits per heavy atom. The summed E-state index contributed by atoms with van der Waals surface area (Å²) in [6, 6.07) is 17.9. The van der Waals surface area contributed by atoms with Gasteiger partial charge >= 0.3 is 0 Å². The van der Waals surface area contributed by atoms with Crippen LogP contribution in [0.4, 0.5) is 5.82 Å². The Labute approximate surface area is 175 Å². The summed E-state index contributed by atoms with van der Waals surface area (Å²) in [6.07, 6.45) is 5.39. The third-order valence-corrected chi connectivity index (χ3v) is 5.80. The molecule has 0 saturated carbocycles. The molecular formula is C24H23N5O. The van der Waals surface area contributed by atoms with Crippen molar-refractivity contribution in [3.05, 3.63) is 78.8 Å². The van der Waals surface area contributed by atoms with Gasteiger partial charge in [0.25, 0.3) is 5.91 Å². The van der Waals surface area contributed by atoms with Crippen LogP contribution in [0.3, 0.4) is 0 Å². The number of anilines is 1. The van der Waals surface area contributed by atoms with Gasteiger partial charge in [-0.2, -0.15) is 0 Å². The quantitative estimate of drug-likeness (QED) is 0.530. The lowest BCUT2D eigenvalue weighted by atomic mass is 10.0. The fourth-order valence-electron chi connectivity index (χ4n) is 4.29. The minimum Gasteiger partial charge on any atom is -0.353 e. The number of rotatable bonds is 3. The van der Waals surface area contributed by atoms with Crippen LogP contribution in [0, 0.1) is 0 Å². The van der Waals surface area contributed by atoms with Crippen LogP contribution in [-0.4, -0.2) is 51.5 Å². The maximum absolute atomic E-state index is 13.7. The molecule has 0 bridgehead atoms. The first-order chi connectivity index (χ1) is 14.7. The van der Waals surface area contributed by atoms with Gasteiger partial charge in [-0.3, -0.25) is 9.78 Å². The number of aryl methyl sites for hydroxylation is 1. The number of fused-ring (bicyclic) bond motifs is 1. The highest BCUT2D eigenvalue weighted by atomic mass is 16.2. The maximum atomic E-state index is 13.7. The number of benzene rings is 1. The molecule has 0 spiro atoms. The van der Waals surface area contributed by atoms with E-state index in [1.54, 1.807) is 6.20 Å². The molecule has 0 radical (unpaired) electrons. The highest BCUT2D eigenvalue weighted by Gasteiger charge is 2.28. The molecule has 0 unspecified atom stereocenters. The first kappa shape index (κ1) is 18.4. The summed E-state index contributed by atoms with van der Waals surface area (Å²) >= 11 is 0. The Morgan fingerprint density at radius 1 is 0.900 bits per heavy atom. The Morgan fingerprint density at radius 2 is 1.70 bits per heavy atom. The fourth-order valence-corrected chi connectivity index (χ4v) is 4.29. The van der Waals surface area contributed by atoms with Crippen molar-refractivity contribution in [2.24, 2.45) is 7.05 Å². The number of nitrogens with zero attached hydrogens (tertiary/aromatic N) is 5. The minimum atomic E-state index is 0.0753. The van der Waals surface area contributed by atoms with Crippen molar-refractivity contribution < 1.29 is 4.79 Å². The van der Waals surface area contributed by atoms with Gasteiger partial charge in [-0.25, -0.2) is 4.98 Å². The number of aromatic nitrogens is 3. The molecule has 1 aliphatic heterocycles. The molecule has 1 aromatic carbocycles. The monoisotopic (exact) mass is 397 g/mol. The molecule has 150 valence electrons. The van der Waals surface area contributed by atoms with E-state index in [9.17, 15) is 4.79 Å². The number of amides is 1. The van der Waals surface area contributed by atoms with Gasteiger partial charge in [0.1, 0.15) is 5.82 Å². The van der Waals surface area contributed by atoms with Gasteiger partial charge < -0.3 is 14.4 Å². The normalized spacial score (nSPS) is 14.3. The molecule has 4 aromatic rings. The Bertz CT molecular complexity index is 1180. The predicted octanol–water partition coefficient (Wildman–Crippen LogP) is 3.60. The molecule has 1 amide bonds. The first-order valence-corrected chi connectivity index (χ1v) is 10.2. The predicted molar refractivity (Wildman–Crippen MR) is 119 cm³/mol. The zero-order valence-electron chi connectivity index (χ0n) is 16.9. The van der Waals surface area contributed by atoms with E-state index in [0.717, 1.165) is 46.6 Å². The van der Waals surface area contributed by atoms with Crippen LogP contribution < -0.4 is 4.90 Å². The zero-order chi connectivity index (χ0) is 20.5. The Hall–Kier alpha value is -3.67. The van der Waals surface area contributed by atoms with Gasteiger partial charge in [0, 0.05) is 68.3 Å². The lowest BCUT2D eigenvalue weighted by molar-refractivity contribution is 0.0749. The van der Waals surface area contributed by atoms with E-state index in [1.165, 1.54) is 0 Å². The standard InChI is InChI=1S/C24H23N5O/c1-27-20-9-3-2-8-19(20)22(23(27)18-7-6-11-25-17-18)24(30)29-15-13-28(14-16-29)21-10-4-5-12-26-21/h2-12,17H,13-16H2,1H3. The molecule has 0 aliphatic carbocycles. The van der Waals surface area contributed by atoms with Crippen LogP contribution in [-0.2, 0) is 7.05 Å². The second kappa shape index (κ2) is 7.63. The number of carbonyl (C=O) groups excluding carboxylic acids is 1. The molecular weight excluding hydrogens is 374 g/mol. The molecule has 1 aliphatic rings. The van der Waals surface area contributed by atoms with Crippen LogP contribution in [0.5, 0.6) is 0 Å². The summed E-state index contributed by atoms with van der Waals surface area (Å²) in [6.45, 7) is 2.89. The number of piperazine rings is 1. The van der Waals surface area contributed by atoms with Crippen LogP contribution in [0.15, 0.2) is 73.2 Å². The molecule has 3 aromatic heterocycles. The number of hydrogen-bond acceptors (Lipinski definition) is 4. The average Bonchev–Trinajstić information content (AvgIpc) is 3.12. The second-order valence-electron chi connectivity index (χ2n) is 7.51. The van der Waals surface area contributed by atoms with Gasteiger partial charge in [-0.05, 0) is 30.3 Å². The van der Waals surface area contributed by atoms with E-state index in [1.807, 2.05) is 72.9 Å². The molecule has 5 rings (SSSR count). The molecule has 6 heteroatoms. The number of pyridine rings is 2. The van der Waals surface area contributed by atoms with Gasteiger partial charge in [0.15, 0.2) is 0 Å². The first-order valence-electron chi connectivity index (χ1n) is 10.2. The minimum absolute atomic E-state index is 0.0753. The summed E-state index contributed by atoms with van der Waals surface area (Å²) in [5, 5.41) is 0.982. The second-order valence-corrected chi connectivity index (χ2v) is 7.51. The van der Waals surface area contributed by atoms with Crippen LogP contribution in [0.2, 0.25) is 0 Å². The largest absolute Gasteiger partial charge is 0.353 e. The molecule has 1 saturated heterocycles. The summed E-state index contributed by atoms with van der Waals surface area (Å²) in [5.41, 5.74) is 3.67. The van der Waals surface area contributed by atoms with Crippen molar-refractivity contribution in [2.75, 3.05) is 31.1 Å². The van der Waals surface area contributed by atoms with Crippen molar-refractivity contribution in [1.82, 2.24) is 19.4 Å². The van der Waals surface area contributed by atoms with Crippen LogP contribution in [0.1, 0.15) is 10.4 Å². The Kier molecular flexibility index (Phi) is 4.67. The molecule has 4 heterocycles. The van der Waals surface area contributed by atoms with Gasteiger partial charge in [0.2, 0.25) is 0 Å². The lowest BCUT2D eigenvalue weighted by Crippen LogP contribution is -2.49. The van der Waals surface area contributed by atoms with Crippen LogP contribution >= 0.6 is 0 Å². The summed E-state index contributed by atoms with van der Waals surface area (Å²) in [4.78, 5) is 26.6. The average molecular weight is 397 g/mol. The third kappa shape index (κ3) is 3.10. The molecule has 6 nitrogen and oxygen atoms in total. The van der Waals surface area contributed by atoms with Gasteiger partial charge in [-0.1, -0.05) is 24.3 Å². The van der Waals surface area contributed by atoms with Crippen molar-refractivity contribution in [3.8, 4) is 11.3 Å². The SMILES string of the molecule is Cn1c(-c2cccnc2)c(C(=O)N2CCN(c3ccccn3)CC2)c2ccccc21. The van der Waals surface area contributed by atoms with E-state index in [4.69, 9.17) is 0 Å². The summed E-state index contributed by atoms with van der Waals surface area (Å²) in [5.74, 6) is 1.04. The number of carbonyl (C=O) groups is 1. The summed E-state index contributed by atoms with van der Waals surface area (Å²) in [7, 11) is 2.01. The summed E-state index contributed by atoms with van der Waals surface area (Å²) < 4.78 is 2.10. The van der Waals surface area contributed by atoms with Gasteiger partial charge in [0.05, 0.1) is 11.3 Å². The number of para-hydroxylation sites is 1. The lowest BCUT2D eigenvalue weighted by Gasteiger charge is -2.35. The van der Waals surface area contributed by atoms with E-state index in [2.05, 4.69) is 25.5 Å². The molecule has 0 N–H and O–H groups in total. The molecule has 30 heavy (non-hydrogen) atoms. The van der Waals surface area contributed by atoms with Crippen molar-refractivity contribution >= 4 is 22.6 Å². The van der Waals surface area contributed by atoms with Crippen LogP contribution in [0.25, 0.3) is 22.2 Å². The molecule has 1 fully saturated rings.